The summed E-state index contributed by atoms with van der Waals surface area (Å²) in [5.41, 5.74) is 3.65. The summed E-state index contributed by atoms with van der Waals surface area (Å²) in [7, 11) is 2.10. The number of aryl methyl sites for hydroxylation is 2. The molecule has 11 nitrogen and oxygen atoms in total. The number of carbonyl (C=O) groups excluding carboxylic acids is 3. The second-order valence-corrected chi connectivity index (χ2v) is 14.6. The van der Waals surface area contributed by atoms with Gasteiger partial charge in [-0.1, -0.05) is 18.2 Å². The molecular formula is C39H47BrN8O3. The lowest BCUT2D eigenvalue weighted by atomic mass is 9.95. The predicted octanol–water partition coefficient (Wildman–Crippen LogP) is 6.30. The molecule has 0 radical (unpaired) electrons. The van der Waals surface area contributed by atoms with Crippen LogP contribution in [0.2, 0.25) is 0 Å². The Labute approximate surface area is 308 Å². The summed E-state index contributed by atoms with van der Waals surface area (Å²) in [5.74, 6) is 0.177. The molecular weight excluding hydrogens is 708 g/mol. The van der Waals surface area contributed by atoms with Crippen molar-refractivity contribution in [3.05, 3.63) is 89.1 Å². The standard InChI is InChI=1S/C39H47BrN8O3/c1-7-9-10-11-15-47(6)23-39-18-31(38(51)46-37-27(12-8-2)13-14-33(40)45-37)48(32(39)19-39)34(50)22-44-36-24(3)16-28(17-30(36)35(41)25(4)49)29-20-42-26(5)43-21-29/h7-8,13-14,16-17,20-21,31-32,41,44H,1-2,9-12,15,18-19,22-23H2,3-6H3,(H,45,46,51)/t31-,32+,39-/m0/s1. The lowest BCUT2D eigenvalue weighted by Crippen LogP contribution is -2.47. The van der Waals surface area contributed by atoms with Crippen LogP contribution in [0.1, 0.15) is 61.5 Å². The Hall–Kier alpha value is -4.55. The third-order valence-corrected chi connectivity index (χ3v) is 10.3. The first kappa shape index (κ1) is 37.7. The molecule has 51 heavy (non-hydrogen) atoms. The predicted molar refractivity (Wildman–Crippen MR) is 205 cm³/mol. The van der Waals surface area contributed by atoms with Gasteiger partial charge in [0, 0.05) is 54.1 Å². The van der Waals surface area contributed by atoms with Gasteiger partial charge in [0.2, 0.25) is 11.8 Å². The lowest BCUT2D eigenvalue weighted by molar-refractivity contribution is -0.136. The summed E-state index contributed by atoms with van der Waals surface area (Å²) < 4.78 is 0.592. The van der Waals surface area contributed by atoms with Crippen LogP contribution in [0.25, 0.3) is 11.1 Å². The number of rotatable bonds is 17. The summed E-state index contributed by atoms with van der Waals surface area (Å²) in [6.45, 7) is 14.3. The number of allylic oxidation sites excluding steroid dienone is 2. The number of ketones is 1. The maximum atomic E-state index is 14.3. The molecule has 3 N–H and O–H groups in total. The molecule has 2 amide bonds. The van der Waals surface area contributed by atoms with E-state index in [2.05, 4.69) is 66.6 Å². The largest absolute Gasteiger partial charge is 0.375 e. The van der Waals surface area contributed by atoms with Crippen LogP contribution in [0, 0.1) is 24.7 Å². The number of benzene rings is 1. The highest BCUT2D eigenvalue weighted by atomic mass is 79.9. The van der Waals surface area contributed by atoms with E-state index in [1.165, 1.54) is 6.92 Å². The minimum Gasteiger partial charge on any atom is -0.375 e. The van der Waals surface area contributed by atoms with Gasteiger partial charge >= 0.3 is 0 Å². The number of Topliss-reactive ketones (excluding diaryl/α,β-unsaturated/α-hetero) is 1. The summed E-state index contributed by atoms with van der Waals surface area (Å²) in [4.78, 5) is 58.0. The molecule has 2 fully saturated rings. The van der Waals surface area contributed by atoms with Gasteiger partial charge < -0.3 is 20.4 Å². The topological polar surface area (TPSA) is 144 Å². The molecule has 1 aliphatic heterocycles. The minimum absolute atomic E-state index is 0.0821. The SMILES string of the molecule is C=CCCCCN(C)C[C@@]12C[C@@H](C(=O)Nc3nc(Br)ccc3CC=C)N(C(=O)CNc3c(C)cc(-c4cnc(C)nc4)cc3C(=N)C(C)=O)[C@@H]1C2. The summed E-state index contributed by atoms with van der Waals surface area (Å²) >= 11 is 3.42. The highest BCUT2D eigenvalue weighted by Gasteiger charge is 2.67. The minimum atomic E-state index is -0.690. The monoisotopic (exact) mass is 754 g/mol. The second-order valence-electron chi connectivity index (χ2n) is 13.8. The normalized spacial score (nSPS) is 19.0. The number of hydrogen-bond acceptors (Lipinski definition) is 9. The van der Waals surface area contributed by atoms with Crippen molar-refractivity contribution in [2.45, 2.75) is 71.4 Å². The highest BCUT2D eigenvalue weighted by molar-refractivity contribution is 9.10. The molecule has 3 atom stereocenters. The molecule has 3 heterocycles. The van der Waals surface area contributed by atoms with E-state index >= 15 is 0 Å². The number of hydrogen-bond donors (Lipinski definition) is 3. The molecule has 1 aliphatic carbocycles. The molecule has 1 saturated carbocycles. The van der Waals surface area contributed by atoms with Crippen molar-refractivity contribution in [2.24, 2.45) is 5.41 Å². The zero-order chi connectivity index (χ0) is 36.9. The molecule has 1 saturated heterocycles. The smallest absolute Gasteiger partial charge is 0.248 e. The number of nitrogens with one attached hydrogen (secondary N) is 3. The van der Waals surface area contributed by atoms with Crippen LogP contribution >= 0.6 is 15.9 Å². The van der Waals surface area contributed by atoms with Crippen LogP contribution in [0.15, 0.2) is 66.6 Å². The average molecular weight is 756 g/mol. The zero-order valence-electron chi connectivity index (χ0n) is 29.9. The molecule has 3 aromatic rings. The number of unbranched alkanes of at least 4 members (excludes halogenated alkanes) is 2. The molecule has 0 unspecified atom stereocenters. The van der Waals surface area contributed by atoms with E-state index < -0.39 is 11.8 Å². The van der Waals surface area contributed by atoms with Gasteiger partial charge in [-0.3, -0.25) is 19.8 Å². The maximum Gasteiger partial charge on any atom is 0.248 e. The van der Waals surface area contributed by atoms with E-state index in [4.69, 9.17) is 5.41 Å². The van der Waals surface area contributed by atoms with Crippen LogP contribution in [0.5, 0.6) is 0 Å². The Bertz CT molecular complexity index is 1840. The van der Waals surface area contributed by atoms with Gasteiger partial charge in [0.1, 0.15) is 28.0 Å². The summed E-state index contributed by atoms with van der Waals surface area (Å²) in [6.07, 6.45) is 12.1. The molecule has 2 aromatic heterocycles. The molecule has 1 aromatic carbocycles. The number of fused-ring (bicyclic) bond motifs is 1. The van der Waals surface area contributed by atoms with Gasteiger partial charge in [-0.05, 0) is 117 Å². The van der Waals surface area contributed by atoms with Crippen LogP contribution in [-0.4, -0.2) is 86.8 Å². The van der Waals surface area contributed by atoms with Crippen LogP contribution < -0.4 is 10.6 Å². The first-order chi connectivity index (χ1) is 24.4. The quantitative estimate of drug-likeness (QED) is 0.0631. The third-order valence-electron chi connectivity index (χ3n) is 9.83. The van der Waals surface area contributed by atoms with Gasteiger partial charge in [-0.25, -0.2) is 15.0 Å². The van der Waals surface area contributed by atoms with Gasteiger partial charge in [0.05, 0.1) is 6.54 Å². The number of piperidine rings is 1. The summed E-state index contributed by atoms with van der Waals surface area (Å²) in [6, 6.07) is 6.62. The molecule has 268 valence electrons. The zero-order valence-corrected chi connectivity index (χ0v) is 31.5. The van der Waals surface area contributed by atoms with Crippen molar-refractivity contribution >= 4 is 50.7 Å². The second kappa shape index (κ2) is 16.2. The number of nitrogens with zero attached hydrogens (tertiary/aromatic N) is 5. The van der Waals surface area contributed by atoms with Crippen molar-refractivity contribution < 1.29 is 14.4 Å². The highest BCUT2D eigenvalue weighted by Crippen LogP contribution is 2.60. The number of carbonyl (C=O) groups is 3. The van der Waals surface area contributed by atoms with Crippen molar-refractivity contribution in [1.82, 2.24) is 24.8 Å². The van der Waals surface area contributed by atoms with E-state index in [0.29, 0.717) is 40.3 Å². The Kier molecular flexibility index (Phi) is 12.0. The fourth-order valence-corrected chi connectivity index (χ4v) is 7.50. The van der Waals surface area contributed by atoms with Gasteiger partial charge in [0.25, 0.3) is 0 Å². The lowest BCUT2D eigenvalue weighted by Gasteiger charge is -2.28. The number of amides is 2. The number of pyridine rings is 1. The van der Waals surface area contributed by atoms with Crippen LogP contribution in [0.3, 0.4) is 0 Å². The number of anilines is 2. The van der Waals surface area contributed by atoms with Crippen molar-refractivity contribution in [3.63, 3.8) is 0 Å². The van der Waals surface area contributed by atoms with Crippen molar-refractivity contribution in [2.75, 3.05) is 37.3 Å². The molecule has 12 heteroatoms. The van der Waals surface area contributed by atoms with E-state index in [1.807, 2.05) is 31.2 Å². The Morgan fingerprint density at radius 1 is 1.10 bits per heavy atom. The molecule has 2 aliphatic rings. The molecule has 5 rings (SSSR count). The van der Waals surface area contributed by atoms with E-state index in [9.17, 15) is 14.4 Å². The Balaban J connectivity index is 1.40. The van der Waals surface area contributed by atoms with Gasteiger partial charge in [0.15, 0.2) is 5.78 Å². The van der Waals surface area contributed by atoms with E-state index in [0.717, 1.165) is 61.0 Å². The Morgan fingerprint density at radius 3 is 2.53 bits per heavy atom. The van der Waals surface area contributed by atoms with Crippen molar-refractivity contribution in [1.29, 1.82) is 5.41 Å². The summed E-state index contributed by atoms with van der Waals surface area (Å²) in [5, 5.41) is 14.9. The van der Waals surface area contributed by atoms with Crippen LogP contribution in [0.4, 0.5) is 11.5 Å². The molecule has 0 bridgehead atoms. The Morgan fingerprint density at radius 2 is 1.84 bits per heavy atom. The fourth-order valence-electron chi connectivity index (χ4n) is 7.19. The number of likely N-dealkylation sites (tertiary alicyclic amines) is 1. The number of aromatic nitrogens is 3. The number of halogens is 1. The van der Waals surface area contributed by atoms with Crippen LogP contribution in [-0.2, 0) is 20.8 Å². The van der Waals surface area contributed by atoms with E-state index in [1.54, 1.807) is 36.4 Å². The first-order valence-electron chi connectivity index (χ1n) is 17.3. The van der Waals surface area contributed by atoms with E-state index in [-0.39, 0.29) is 35.5 Å². The third kappa shape index (κ3) is 8.68. The first-order valence-corrected chi connectivity index (χ1v) is 18.1. The van der Waals surface area contributed by atoms with Gasteiger partial charge in [-0.2, -0.15) is 0 Å². The van der Waals surface area contributed by atoms with Crippen molar-refractivity contribution in [3.8, 4) is 11.1 Å². The fraction of sp³-hybridized carbons (Fsp3) is 0.410. The molecule has 0 spiro atoms. The maximum absolute atomic E-state index is 14.3. The van der Waals surface area contributed by atoms with Gasteiger partial charge in [-0.15, -0.1) is 13.2 Å². The average Bonchev–Trinajstić information content (AvgIpc) is 3.68.